The highest BCUT2D eigenvalue weighted by molar-refractivity contribution is 9.10. The van der Waals surface area contributed by atoms with Crippen LogP contribution < -0.4 is 5.73 Å². The highest BCUT2D eigenvalue weighted by Crippen LogP contribution is 2.22. The van der Waals surface area contributed by atoms with Crippen LogP contribution in [0.3, 0.4) is 0 Å². The molecule has 0 saturated carbocycles. The van der Waals surface area contributed by atoms with Gasteiger partial charge in [-0.25, -0.2) is 0 Å². The molecule has 0 radical (unpaired) electrons. The van der Waals surface area contributed by atoms with Crippen molar-refractivity contribution in [3.8, 4) is 0 Å². The topological polar surface area (TPSA) is 43.1 Å². The van der Waals surface area contributed by atoms with Gasteiger partial charge in [0.15, 0.2) is 0 Å². The van der Waals surface area contributed by atoms with Crippen molar-refractivity contribution in [3.63, 3.8) is 0 Å². The van der Waals surface area contributed by atoms with Gasteiger partial charge in [-0.15, -0.1) is 0 Å². The van der Waals surface area contributed by atoms with Gasteiger partial charge < -0.3 is 5.73 Å². The lowest BCUT2D eigenvalue weighted by atomic mass is 10.3. The van der Waals surface area contributed by atoms with Crippen LogP contribution in [0.2, 0.25) is 0 Å². The van der Waals surface area contributed by atoms with Crippen LogP contribution in [0.15, 0.2) is 27.6 Å². The molecule has 2 N–H and O–H groups in total. The summed E-state index contributed by atoms with van der Waals surface area (Å²) >= 11 is 3.32. The normalized spacial score (nSPS) is 13.1. The van der Waals surface area contributed by atoms with Crippen molar-refractivity contribution in [2.24, 2.45) is 5.92 Å². The van der Waals surface area contributed by atoms with Gasteiger partial charge in [0, 0.05) is 15.9 Å². The summed E-state index contributed by atoms with van der Waals surface area (Å²) in [4.78, 5) is 0.738. The van der Waals surface area contributed by atoms with E-state index < -0.39 is 10.8 Å². The zero-order valence-corrected chi connectivity index (χ0v) is 10.7. The van der Waals surface area contributed by atoms with Crippen LogP contribution in [-0.2, 0) is 10.8 Å². The van der Waals surface area contributed by atoms with Crippen molar-refractivity contribution in [2.75, 3.05) is 11.5 Å². The smallest absolute Gasteiger partial charge is 0.0618 e. The van der Waals surface area contributed by atoms with E-state index in [4.69, 9.17) is 5.73 Å². The molecular formula is C10H14BrNOS. The summed E-state index contributed by atoms with van der Waals surface area (Å²) in [6.07, 6.45) is 0. The summed E-state index contributed by atoms with van der Waals surface area (Å²) in [5.41, 5.74) is 6.37. The first-order valence-corrected chi connectivity index (χ1v) is 6.55. The van der Waals surface area contributed by atoms with E-state index in [1.165, 1.54) is 0 Å². The summed E-state index contributed by atoms with van der Waals surface area (Å²) in [5.74, 6) is 1.07. The quantitative estimate of drug-likeness (QED) is 0.863. The molecule has 0 saturated heterocycles. The monoisotopic (exact) mass is 275 g/mol. The number of nitrogen functional groups attached to an aromatic ring is 1. The molecule has 14 heavy (non-hydrogen) atoms. The van der Waals surface area contributed by atoms with Crippen LogP contribution in [0.5, 0.6) is 0 Å². The van der Waals surface area contributed by atoms with E-state index in [1.54, 1.807) is 6.07 Å². The van der Waals surface area contributed by atoms with Gasteiger partial charge in [-0.3, -0.25) is 4.21 Å². The average Bonchev–Trinajstić information content (AvgIpc) is 2.01. The molecule has 1 aromatic rings. The Balaban J connectivity index is 2.90. The van der Waals surface area contributed by atoms with E-state index >= 15 is 0 Å². The minimum Gasteiger partial charge on any atom is -0.398 e. The summed E-state index contributed by atoms with van der Waals surface area (Å²) in [5, 5.41) is 0. The van der Waals surface area contributed by atoms with Gasteiger partial charge in [0.25, 0.3) is 0 Å². The summed E-state index contributed by atoms with van der Waals surface area (Å²) in [7, 11) is -0.979. The predicted molar refractivity (Wildman–Crippen MR) is 64.7 cm³/mol. The van der Waals surface area contributed by atoms with E-state index in [1.807, 2.05) is 26.0 Å². The zero-order chi connectivity index (χ0) is 10.7. The molecule has 0 heterocycles. The SMILES string of the molecule is CC(C)CS(=O)c1ccc(Br)cc1N. The number of hydrogen-bond donors (Lipinski definition) is 1. The Morgan fingerprint density at radius 2 is 2.14 bits per heavy atom. The molecule has 78 valence electrons. The minimum atomic E-state index is -0.979. The minimum absolute atomic E-state index is 0.416. The van der Waals surface area contributed by atoms with Gasteiger partial charge in [-0.1, -0.05) is 29.8 Å². The molecule has 0 aromatic heterocycles. The van der Waals surface area contributed by atoms with Gasteiger partial charge in [0.2, 0.25) is 0 Å². The lowest BCUT2D eigenvalue weighted by Gasteiger charge is -2.07. The molecule has 1 atom stereocenters. The number of benzene rings is 1. The Morgan fingerprint density at radius 3 is 2.64 bits per heavy atom. The van der Waals surface area contributed by atoms with E-state index in [0.29, 0.717) is 17.4 Å². The highest BCUT2D eigenvalue weighted by Gasteiger charge is 2.09. The first-order chi connectivity index (χ1) is 6.50. The van der Waals surface area contributed by atoms with Gasteiger partial charge in [0.1, 0.15) is 0 Å². The Labute approximate surface area is 95.5 Å². The van der Waals surface area contributed by atoms with E-state index in [0.717, 1.165) is 9.37 Å². The van der Waals surface area contributed by atoms with Crippen LogP contribution in [0.1, 0.15) is 13.8 Å². The third-order valence-corrected chi connectivity index (χ3v) is 4.03. The van der Waals surface area contributed by atoms with Crippen molar-refractivity contribution in [2.45, 2.75) is 18.7 Å². The summed E-state index contributed by atoms with van der Waals surface area (Å²) in [6.45, 7) is 4.10. The number of rotatable bonds is 3. The Morgan fingerprint density at radius 1 is 1.50 bits per heavy atom. The highest BCUT2D eigenvalue weighted by atomic mass is 79.9. The Bertz CT molecular complexity index is 352. The maximum Gasteiger partial charge on any atom is 0.0618 e. The molecule has 0 aliphatic rings. The predicted octanol–water partition coefficient (Wildman–Crippen LogP) is 2.79. The summed E-state index contributed by atoms with van der Waals surface area (Å²) in [6, 6.07) is 5.47. The van der Waals surface area contributed by atoms with E-state index in [-0.39, 0.29) is 0 Å². The number of hydrogen-bond acceptors (Lipinski definition) is 2. The second kappa shape index (κ2) is 4.94. The molecule has 0 bridgehead atoms. The van der Waals surface area contributed by atoms with Crippen molar-refractivity contribution in [1.82, 2.24) is 0 Å². The molecule has 0 amide bonds. The van der Waals surface area contributed by atoms with Crippen molar-refractivity contribution in [3.05, 3.63) is 22.7 Å². The van der Waals surface area contributed by atoms with Crippen molar-refractivity contribution < 1.29 is 4.21 Å². The first-order valence-electron chi connectivity index (χ1n) is 4.44. The molecule has 0 aliphatic heterocycles. The van der Waals surface area contributed by atoms with Gasteiger partial charge in [-0.05, 0) is 24.1 Å². The van der Waals surface area contributed by atoms with Gasteiger partial charge in [-0.2, -0.15) is 0 Å². The molecule has 1 rings (SSSR count). The van der Waals surface area contributed by atoms with E-state index in [9.17, 15) is 4.21 Å². The molecule has 2 nitrogen and oxygen atoms in total. The van der Waals surface area contributed by atoms with E-state index in [2.05, 4.69) is 15.9 Å². The number of halogens is 1. The number of nitrogens with two attached hydrogens (primary N) is 1. The van der Waals surface area contributed by atoms with Gasteiger partial charge >= 0.3 is 0 Å². The zero-order valence-electron chi connectivity index (χ0n) is 8.29. The third kappa shape index (κ3) is 3.10. The van der Waals surface area contributed by atoms with Crippen molar-refractivity contribution in [1.29, 1.82) is 0 Å². The maximum atomic E-state index is 11.8. The largest absolute Gasteiger partial charge is 0.398 e. The number of anilines is 1. The fourth-order valence-corrected chi connectivity index (χ4v) is 2.82. The second-order valence-corrected chi connectivity index (χ2v) is 5.97. The standard InChI is InChI=1S/C10H14BrNOS/c1-7(2)6-14(13)10-4-3-8(11)5-9(10)12/h3-5,7H,6,12H2,1-2H3. The van der Waals surface area contributed by atoms with Crippen LogP contribution in [0.25, 0.3) is 0 Å². The van der Waals surface area contributed by atoms with Crippen LogP contribution >= 0.6 is 15.9 Å². The second-order valence-electron chi connectivity index (χ2n) is 3.59. The lowest BCUT2D eigenvalue weighted by molar-refractivity contribution is 0.665. The molecule has 0 aliphatic carbocycles. The average molecular weight is 276 g/mol. The molecule has 4 heteroatoms. The molecule has 1 aromatic carbocycles. The summed E-state index contributed by atoms with van der Waals surface area (Å²) < 4.78 is 12.7. The Hall–Kier alpha value is -0.350. The Kier molecular flexibility index (Phi) is 4.13. The molecule has 1 unspecified atom stereocenters. The fourth-order valence-electron chi connectivity index (χ4n) is 1.12. The van der Waals surface area contributed by atoms with Crippen LogP contribution in [0, 0.1) is 5.92 Å². The van der Waals surface area contributed by atoms with Crippen molar-refractivity contribution >= 4 is 32.4 Å². The molecule has 0 fully saturated rings. The van der Waals surface area contributed by atoms with Crippen LogP contribution in [-0.4, -0.2) is 9.96 Å². The fraction of sp³-hybridized carbons (Fsp3) is 0.400. The third-order valence-electron chi connectivity index (χ3n) is 1.70. The first kappa shape index (κ1) is 11.7. The van der Waals surface area contributed by atoms with Gasteiger partial charge in [0.05, 0.1) is 15.7 Å². The lowest BCUT2D eigenvalue weighted by Crippen LogP contribution is -2.06. The maximum absolute atomic E-state index is 11.8. The van der Waals surface area contributed by atoms with Crippen LogP contribution in [0.4, 0.5) is 5.69 Å². The molecule has 0 spiro atoms. The molecular weight excluding hydrogens is 262 g/mol.